The summed E-state index contributed by atoms with van der Waals surface area (Å²) < 4.78 is 39.4. The van der Waals surface area contributed by atoms with Crippen LogP contribution in [-0.2, 0) is 6.18 Å². The zero-order chi connectivity index (χ0) is 26.4. The lowest BCUT2D eigenvalue weighted by Crippen LogP contribution is -2.79. The molecule has 0 unspecified atom stereocenters. The third-order valence-corrected chi connectivity index (χ3v) is 5.67. The standard InChI is InChI=1S/C27H26F3N7/c1-37(2)11-10-32-16-20(15-31)18-6-7-23-25(13-18)34-17-35-26(23)36-22-8-9-33-24(14-22)19-4-3-5-21(12-19)27(28,29)30/h3-9,12-17,31-32H,10-11H2,1-2H3,(H,33,34,35,36)/p+1/b20-16+,31-15?. The average molecular weight is 507 g/mol. The zero-order valence-corrected chi connectivity index (χ0v) is 20.4. The Morgan fingerprint density at radius 1 is 1.05 bits per heavy atom. The highest BCUT2D eigenvalue weighted by atomic mass is 19.4. The molecule has 0 aliphatic heterocycles. The van der Waals surface area contributed by atoms with Gasteiger partial charge in [-0.3, -0.25) is 4.98 Å². The molecule has 0 fully saturated rings. The number of rotatable bonds is 9. The maximum atomic E-state index is 13.1. The number of nitrogens with zero attached hydrogens (tertiary/aromatic N) is 4. The summed E-state index contributed by atoms with van der Waals surface area (Å²) in [4.78, 5) is 15.1. The molecule has 4 rings (SSSR count). The van der Waals surface area contributed by atoms with Crippen LogP contribution in [0.25, 0.3) is 27.7 Å². The third kappa shape index (κ3) is 6.54. The SMILES string of the molecule is CN(C)CC[NH2+]/C=C(\C=N)c1ccc2c(Nc3ccnc(-c4cccc(C(F)(F)F)c4)c3)ncnc2c1. The number of allylic oxidation sites excluding steroid dienone is 1. The predicted octanol–water partition coefficient (Wildman–Crippen LogP) is 4.57. The molecule has 190 valence electrons. The second-order valence-electron chi connectivity index (χ2n) is 8.68. The van der Waals surface area contributed by atoms with Crippen molar-refractivity contribution in [3.63, 3.8) is 0 Å². The lowest BCUT2D eigenvalue weighted by Gasteiger charge is -2.11. The molecule has 4 aromatic rings. The lowest BCUT2D eigenvalue weighted by atomic mass is 10.1. The predicted molar refractivity (Wildman–Crippen MR) is 140 cm³/mol. The van der Waals surface area contributed by atoms with E-state index in [0.717, 1.165) is 41.7 Å². The van der Waals surface area contributed by atoms with Crippen molar-refractivity contribution in [3.05, 3.63) is 84.4 Å². The highest BCUT2D eigenvalue weighted by Crippen LogP contribution is 2.32. The van der Waals surface area contributed by atoms with Crippen molar-refractivity contribution in [1.29, 1.82) is 5.41 Å². The molecule has 0 aliphatic carbocycles. The van der Waals surface area contributed by atoms with Crippen molar-refractivity contribution >= 4 is 34.2 Å². The van der Waals surface area contributed by atoms with Gasteiger partial charge in [-0.2, -0.15) is 13.2 Å². The highest BCUT2D eigenvalue weighted by molar-refractivity contribution is 6.09. The molecule has 7 nitrogen and oxygen atoms in total. The fraction of sp³-hybridized carbons (Fsp3) is 0.185. The van der Waals surface area contributed by atoms with Crippen molar-refractivity contribution < 1.29 is 18.5 Å². The number of anilines is 2. The van der Waals surface area contributed by atoms with Gasteiger partial charge >= 0.3 is 6.18 Å². The van der Waals surface area contributed by atoms with Crippen molar-refractivity contribution in [2.45, 2.75) is 6.18 Å². The monoisotopic (exact) mass is 506 g/mol. The molecule has 37 heavy (non-hydrogen) atoms. The number of fused-ring (bicyclic) bond motifs is 1. The van der Waals surface area contributed by atoms with Gasteiger partial charge in [0.25, 0.3) is 0 Å². The van der Waals surface area contributed by atoms with Gasteiger partial charge in [-0.1, -0.05) is 18.2 Å². The molecule has 0 saturated heterocycles. The number of quaternary nitrogens is 1. The number of hydrogen-bond acceptors (Lipinski definition) is 6. The molecular weight excluding hydrogens is 479 g/mol. The molecule has 0 spiro atoms. The summed E-state index contributed by atoms with van der Waals surface area (Å²) in [5, 5.41) is 13.9. The van der Waals surface area contributed by atoms with Crippen LogP contribution < -0.4 is 10.6 Å². The van der Waals surface area contributed by atoms with E-state index < -0.39 is 11.7 Å². The first kappa shape index (κ1) is 25.9. The Balaban J connectivity index is 1.59. The summed E-state index contributed by atoms with van der Waals surface area (Å²) in [5.74, 6) is 0.552. The molecule has 0 bridgehead atoms. The van der Waals surface area contributed by atoms with Crippen LogP contribution in [0.5, 0.6) is 0 Å². The van der Waals surface area contributed by atoms with E-state index in [1.165, 1.54) is 24.8 Å². The van der Waals surface area contributed by atoms with Crippen molar-refractivity contribution in [2.24, 2.45) is 0 Å². The van der Waals surface area contributed by atoms with E-state index in [1.807, 2.05) is 43.8 Å². The molecular formula is C27H27F3N7+. The number of alkyl halides is 3. The molecule has 4 N–H and O–H groups in total. The summed E-state index contributed by atoms with van der Waals surface area (Å²) >= 11 is 0. The minimum Gasteiger partial charge on any atom is -0.340 e. The number of hydrogen-bond donors (Lipinski definition) is 3. The van der Waals surface area contributed by atoms with E-state index in [-0.39, 0.29) is 0 Å². The second kappa shape index (κ2) is 11.3. The number of halogens is 3. The molecule has 10 heteroatoms. The van der Waals surface area contributed by atoms with Gasteiger partial charge in [0.15, 0.2) is 0 Å². The lowest BCUT2D eigenvalue weighted by molar-refractivity contribution is -0.586. The van der Waals surface area contributed by atoms with Gasteiger partial charge in [-0.05, 0) is 56.1 Å². The molecule has 0 radical (unpaired) electrons. The number of pyridine rings is 1. The van der Waals surface area contributed by atoms with Crippen LogP contribution in [-0.4, -0.2) is 53.3 Å². The first-order valence-corrected chi connectivity index (χ1v) is 11.6. The van der Waals surface area contributed by atoms with E-state index in [1.54, 1.807) is 18.2 Å². The minimum atomic E-state index is -4.43. The van der Waals surface area contributed by atoms with Gasteiger partial charge in [0.1, 0.15) is 18.3 Å². The maximum Gasteiger partial charge on any atom is 0.416 e. The number of nitrogens with one attached hydrogen (secondary N) is 2. The fourth-order valence-corrected chi connectivity index (χ4v) is 3.76. The quantitative estimate of drug-likeness (QED) is 0.228. The Morgan fingerprint density at radius 3 is 2.65 bits per heavy atom. The van der Waals surface area contributed by atoms with Gasteiger partial charge in [-0.25, -0.2) is 9.97 Å². The molecule has 2 heterocycles. The number of aromatic nitrogens is 3. The van der Waals surface area contributed by atoms with E-state index in [0.29, 0.717) is 28.3 Å². The summed E-state index contributed by atoms with van der Waals surface area (Å²) in [6.07, 6.45) is 1.81. The summed E-state index contributed by atoms with van der Waals surface area (Å²) in [6.45, 7) is 1.80. The normalized spacial score (nSPS) is 12.2. The van der Waals surface area contributed by atoms with Crippen LogP contribution in [0.3, 0.4) is 0 Å². The molecule has 0 saturated carbocycles. The summed E-state index contributed by atoms with van der Waals surface area (Å²) in [7, 11) is 4.03. The second-order valence-corrected chi connectivity index (χ2v) is 8.68. The van der Waals surface area contributed by atoms with Gasteiger partial charge < -0.3 is 20.9 Å². The molecule has 0 amide bonds. The molecule has 0 aliphatic rings. The van der Waals surface area contributed by atoms with Crippen LogP contribution in [0.4, 0.5) is 24.7 Å². The average Bonchev–Trinajstić information content (AvgIpc) is 2.88. The van der Waals surface area contributed by atoms with Crippen molar-refractivity contribution in [3.8, 4) is 11.3 Å². The van der Waals surface area contributed by atoms with E-state index in [4.69, 9.17) is 5.41 Å². The molecule has 0 atom stereocenters. The highest BCUT2D eigenvalue weighted by Gasteiger charge is 2.30. The number of nitrogens with two attached hydrogens (primary N) is 1. The van der Waals surface area contributed by atoms with E-state index in [2.05, 4.69) is 25.2 Å². The first-order chi connectivity index (χ1) is 17.7. The summed E-state index contributed by atoms with van der Waals surface area (Å²) in [5.41, 5.74) is 3.01. The van der Waals surface area contributed by atoms with E-state index >= 15 is 0 Å². The van der Waals surface area contributed by atoms with Crippen LogP contribution in [0.2, 0.25) is 0 Å². The summed E-state index contributed by atoms with van der Waals surface area (Å²) in [6, 6.07) is 14.2. The van der Waals surface area contributed by atoms with Crippen LogP contribution in [0.1, 0.15) is 11.1 Å². The Hall–Kier alpha value is -4.15. The van der Waals surface area contributed by atoms with Gasteiger partial charge in [-0.15, -0.1) is 0 Å². The van der Waals surface area contributed by atoms with Gasteiger partial charge in [0.05, 0.1) is 28.9 Å². The van der Waals surface area contributed by atoms with Crippen LogP contribution >= 0.6 is 0 Å². The Labute approximate surface area is 212 Å². The largest absolute Gasteiger partial charge is 0.416 e. The molecule has 2 aromatic carbocycles. The third-order valence-electron chi connectivity index (χ3n) is 5.67. The fourth-order valence-electron chi connectivity index (χ4n) is 3.76. The van der Waals surface area contributed by atoms with Crippen molar-refractivity contribution in [1.82, 2.24) is 19.9 Å². The Bertz CT molecular complexity index is 1430. The Kier molecular flexibility index (Phi) is 7.90. The topological polar surface area (TPSA) is 94.4 Å². The van der Waals surface area contributed by atoms with Crippen LogP contribution in [0, 0.1) is 5.41 Å². The maximum absolute atomic E-state index is 13.1. The number of benzene rings is 2. The first-order valence-electron chi connectivity index (χ1n) is 11.6. The van der Waals surface area contributed by atoms with Gasteiger partial charge in [0, 0.05) is 35.6 Å². The van der Waals surface area contributed by atoms with E-state index in [9.17, 15) is 13.2 Å². The zero-order valence-electron chi connectivity index (χ0n) is 20.4. The van der Waals surface area contributed by atoms with Crippen molar-refractivity contribution in [2.75, 3.05) is 32.5 Å². The minimum absolute atomic E-state index is 0.365. The number of likely N-dealkylation sites (N-methyl/N-ethyl adjacent to an activating group) is 1. The smallest absolute Gasteiger partial charge is 0.340 e. The van der Waals surface area contributed by atoms with Crippen LogP contribution in [0.15, 0.2) is 73.3 Å². The Morgan fingerprint density at radius 2 is 1.89 bits per heavy atom. The molecule has 2 aromatic heterocycles. The van der Waals surface area contributed by atoms with Gasteiger partial charge in [0.2, 0.25) is 0 Å².